The minimum Gasteiger partial charge on any atom is -0.308 e. The second-order valence-corrected chi connectivity index (χ2v) is 5.67. The molecule has 0 saturated carbocycles. The van der Waals surface area contributed by atoms with Crippen molar-refractivity contribution in [1.82, 2.24) is 4.98 Å². The molecule has 110 valence electrons. The highest BCUT2D eigenvalue weighted by Crippen LogP contribution is 2.21. The molecule has 2 amide bonds. The number of aryl methyl sites for hydroxylation is 1. The molecule has 0 spiro atoms. The number of anilines is 2. The molecule has 4 nitrogen and oxygen atoms in total. The van der Waals surface area contributed by atoms with Gasteiger partial charge in [0.15, 0.2) is 5.13 Å². The maximum absolute atomic E-state index is 11.9. The van der Waals surface area contributed by atoms with Crippen molar-refractivity contribution in [3.63, 3.8) is 0 Å². The van der Waals surface area contributed by atoms with E-state index >= 15 is 0 Å². The number of amides is 2. The first-order chi connectivity index (χ1) is 10.7. The molecule has 0 bridgehead atoms. The lowest BCUT2D eigenvalue weighted by molar-refractivity contribution is 0.262. The highest BCUT2D eigenvalue weighted by molar-refractivity contribution is 7.13. The first kappa shape index (κ1) is 14.3. The second-order valence-electron chi connectivity index (χ2n) is 4.82. The predicted octanol–water partition coefficient (Wildman–Crippen LogP) is 4.76. The lowest BCUT2D eigenvalue weighted by atomic mass is 10.1. The number of urea groups is 1. The van der Waals surface area contributed by atoms with Crippen LogP contribution in [-0.4, -0.2) is 11.0 Å². The van der Waals surface area contributed by atoms with Crippen LogP contribution in [0.4, 0.5) is 15.6 Å². The van der Waals surface area contributed by atoms with Crippen molar-refractivity contribution >= 4 is 28.2 Å². The Morgan fingerprint density at radius 1 is 0.955 bits per heavy atom. The Morgan fingerprint density at radius 2 is 1.64 bits per heavy atom. The highest BCUT2D eigenvalue weighted by Gasteiger charge is 2.05. The quantitative estimate of drug-likeness (QED) is 0.732. The van der Waals surface area contributed by atoms with Gasteiger partial charge < -0.3 is 5.32 Å². The SMILES string of the molecule is Cc1csc(NC(=O)Nc2ccc(-c3ccccc3)cc2)n1. The number of benzene rings is 2. The van der Waals surface area contributed by atoms with Gasteiger partial charge in [-0.25, -0.2) is 9.78 Å². The number of aromatic nitrogens is 1. The zero-order valence-electron chi connectivity index (χ0n) is 12.0. The number of nitrogens with one attached hydrogen (secondary N) is 2. The smallest absolute Gasteiger partial charge is 0.308 e. The molecule has 0 aliphatic heterocycles. The average Bonchev–Trinajstić information content (AvgIpc) is 2.94. The van der Waals surface area contributed by atoms with Crippen LogP contribution < -0.4 is 10.6 Å². The molecule has 1 heterocycles. The number of nitrogens with zero attached hydrogens (tertiary/aromatic N) is 1. The van der Waals surface area contributed by atoms with Gasteiger partial charge in [0.2, 0.25) is 0 Å². The summed E-state index contributed by atoms with van der Waals surface area (Å²) in [5.41, 5.74) is 3.90. The number of hydrogen-bond acceptors (Lipinski definition) is 3. The minimum atomic E-state index is -0.290. The molecule has 0 saturated heterocycles. The largest absolute Gasteiger partial charge is 0.325 e. The van der Waals surface area contributed by atoms with Crippen LogP contribution >= 0.6 is 11.3 Å². The number of thiazole rings is 1. The third kappa shape index (κ3) is 3.51. The molecule has 5 heteroatoms. The maximum atomic E-state index is 11.9. The van der Waals surface area contributed by atoms with Gasteiger partial charge in [0.05, 0.1) is 5.69 Å². The summed E-state index contributed by atoms with van der Waals surface area (Å²) in [5, 5.41) is 8.00. The molecule has 1 aromatic heterocycles. The van der Waals surface area contributed by atoms with Gasteiger partial charge in [0, 0.05) is 11.1 Å². The van der Waals surface area contributed by atoms with E-state index in [2.05, 4.69) is 27.8 Å². The first-order valence-electron chi connectivity index (χ1n) is 6.86. The van der Waals surface area contributed by atoms with E-state index in [9.17, 15) is 4.79 Å². The van der Waals surface area contributed by atoms with Gasteiger partial charge in [0.25, 0.3) is 0 Å². The molecule has 3 rings (SSSR count). The Hall–Kier alpha value is -2.66. The van der Waals surface area contributed by atoms with Gasteiger partial charge in [-0.15, -0.1) is 11.3 Å². The maximum Gasteiger partial charge on any atom is 0.325 e. The van der Waals surface area contributed by atoms with Crippen LogP contribution in [0.5, 0.6) is 0 Å². The summed E-state index contributed by atoms with van der Waals surface area (Å²) in [6.07, 6.45) is 0. The topological polar surface area (TPSA) is 54.0 Å². The predicted molar refractivity (Wildman–Crippen MR) is 91.4 cm³/mol. The lowest BCUT2D eigenvalue weighted by Crippen LogP contribution is -2.19. The zero-order valence-corrected chi connectivity index (χ0v) is 12.9. The van der Waals surface area contributed by atoms with E-state index < -0.39 is 0 Å². The molecule has 0 aliphatic rings. The fraction of sp³-hybridized carbons (Fsp3) is 0.0588. The standard InChI is InChI=1S/C17H15N3OS/c1-12-11-22-17(18-12)20-16(21)19-15-9-7-14(8-10-15)13-5-3-2-4-6-13/h2-11H,1H3,(H2,18,19,20,21). The number of hydrogen-bond donors (Lipinski definition) is 2. The fourth-order valence-electron chi connectivity index (χ4n) is 2.05. The number of carbonyl (C=O) groups excluding carboxylic acids is 1. The Labute approximate surface area is 132 Å². The van der Waals surface area contributed by atoms with Gasteiger partial charge in [-0.3, -0.25) is 5.32 Å². The van der Waals surface area contributed by atoms with Gasteiger partial charge >= 0.3 is 6.03 Å². The summed E-state index contributed by atoms with van der Waals surface area (Å²) in [5.74, 6) is 0. The van der Waals surface area contributed by atoms with Crippen LogP contribution in [0.15, 0.2) is 60.0 Å². The van der Waals surface area contributed by atoms with E-state index in [0.29, 0.717) is 5.13 Å². The van der Waals surface area contributed by atoms with Crippen molar-refractivity contribution in [2.75, 3.05) is 10.6 Å². The van der Waals surface area contributed by atoms with Crippen molar-refractivity contribution in [1.29, 1.82) is 0 Å². The Bertz CT molecular complexity index is 766. The summed E-state index contributed by atoms with van der Waals surface area (Å²) in [6, 6.07) is 17.6. The number of rotatable bonds is 3. The Balaban J connectivity index is 1.65. The van der Waals surface area contributed by atoms with E-state index in [1.165, 1.54) is 11.3 Å². The summed E-state index contributed by atoms with van der Waals surface area (Å²) >= 11 is 1.41. The van der Waals surface area contributed by atoms with Gasteiger partial charge in [0.1, 0.15) is 0 Å². The molecule has 0 unspecified atom stereocenters. The minimum absolute atomic E-state index is 0.290. The van der Waals surface area contributed by atoms with Crippen molar-refractivity contribution in [3.8, 4) is 11.1 Å². The molecule has 22 heavy (non-hydrogen) atoms. The van der Waals surface area contributed by atoms with Crippen molar-refractivity contribution in [2.45, 2.75) is 6.92 Å². The van der Waals surface area contributed by atoms with E-state index in [1.54, 1.807) is 0 Å². The molecule has 2 N–H and O–H groups in total. The molecular formula is C17H15N3OS. The third-order valence-corrected chi connectivity index (χ3v) is 3.96. The molecular weight excluding hydrogens is 294 g/mol. The van der Waals surface area contributed by atoms with Crippen LogP contribution in [0.25, 0.3) is 11.1 Å². The van der Waals surface area contributed by atoms with E-state index in [0.717, 1.165) is 22.5 Å². The average molecular weight is 309 g/mol. The van der Waals surface area contributed by atoms with Crippen molar-refractivity contribution < 1.29 is 4.79 Å². The summed E-state index contributed by atoms with van der Waals surface area (Å²) in [6.45, 7) is 1.89. The molecule has 3 aromatic rings. The number of carbonyl (C=O) groups is 1. The Kier molecular flexibility index (Phi) is 4.16. The molecule has 2 aromatic carbocycles. The highest BCUT2D eigenvalue weighted by atomic mass is 32.1. The van der Waals surface area contributed by atoms with E-state index in [1.807, 2.05) is 54.8 Å². The Morgan fingerprint density at radius 3 is 2.27 bits per heavy atom. The van der Waals surface area contributed by atoms with Gasteiger partial charge in [-0.1, -0.05) is 42.5 Å². The molecule has 0 radical (unpaired) electrons. The molecule has 0 aliphatic carbocycles. The van der Waals surface area contributed by atoms with Crippen molar-refractivity contribution in [3.05, 3.63) is 65.7 Å². The van der Waals surface area contributed by atoms with Crippen molar-refractivity contribution in [2.24, 2.45) is 0 Å². The van der Waals surface area contributed by atoms with E-state index in [-0.39, 0.29) is 6.03 Å². The van der Waals surface area contributed by atoms with E-state index in [4.69, 9.17) is 0 Å². The summed E-state index contributed by atoms with van der Waals surface area (Å²) in [7, 11) is 0. The van der Waals surface area contributed by atoms with Crippen LogP contribution in [0, 0.1) is 6.92 Å². The van der Waals surface area contributed by atoms with Crippen LogP contribution in [0.1, 0.15) is 5.69 Å². The van der Waals surface area contributed by atoms with Crippen LogP contribution in [0.3, 0.4) is 0 Å². The lowest BCUT2D eigenvalue weighted by Gasteiger charge is -2.07. The second kappa shape index (κ2) is 6.41. The van der Waals surface area contributed by atoms with Crippen LogP contribution in [-0.2, 0) is 0 Å². The van der Waals surface area contributed by atoms with Gasteiger partial charge in [-0.05, 0) is 30.2 Å². The normalized spacial score (nSPS) is 10.2. The first-order valence-corrected chi connectivity index (χ1v) is 7.74. The summed E-state index contributed by atoms with van der Waals surface area (Å²) < 4.78 is 0. The zero-order chi connectivity index (χ0) is 15.4. The fourth-order valence-corrected chi connectivity index (χ4v) is 2.73. The third-order valence-electron chi connectivity index (χ3n) is 3.09. The van der Waals surface area contributed by atoms with Gasteiger partial charge in [-0.2, -0.15) is 0 Å². The van der Waals surface area contributed by atoms with Crippen LogP contribution in [0.2, 0.25) is 0 Å². The summed E-state index contributed by atoms with van der Waals surface area (Å²) in [4.78, 5) is 16.1. The molecule has 0 atom stereocenters. The molecule has 0 fully saturated rings. The monoisotopic (exact) mass is 309 g/mol.